The molecule has 0 bridgehead atoms. The molecule has 92 valence electrons. The van der Waals surface area contributed by atoms with Gasteiger partial charge in [-0.25, -0.2) is 4.79 Å². The van der Waals surface area contributed by atoms with Gasteiger partial charge in [-0.3, -0.25) is 4.79 Å². The molecule has 1 fully saturated rings. The Morgan fingerprint density at radius 2 is 2.25 bits per heavy atom. The summed E-state index contributed by atoms with van der Waals surface area (Å²) in [6.45, 7) is 1.91. The Balaban J connectivity index is 2.43. The van der Waals surface area contributed by atoms with Gasteiger partial charge in [-0.1, -0.05) is 19.8 Å². The van der Waals surface area contributed by atoms with Crippen LogP contribution in [0.25, 0.3) is 0 Å². The summed E-state index contributed by atoms with van der Waals surface area (Å²) >= 11 is 1.64. The van der Waals surface area contributed by atoms with E-state index in [9.17, 15) is 9.59 Å². The molecule has 1 aliphatic heterocycles. The normalized spacial score (nSPS) is 22.4. The summed E-state index contributed by atoms with van der Waals surface area (Å²) < 4.78 is 0. The van der Waals surface area contributed by atoms with Crippen LogP contribution in [0.15, 0.2) is 0 Å². The molecule has 1 aliphatic rings. The molecule has 1 heterocycles. The monoisotopic (exact) mass is 245 g/mol. The van der Waals surface area contributed by atoms with E-state index in [1.54, 1.807) is 11.8 Å². The molecule has 5 heteroatoms. The van der Waals surface area contributed by atoms with Gasteiger partial charge < -0.3 is 10.4 Å². The van der Waals surface area contributed by atoms with Crippen molar-refractivity contribution in [3.63, 3.8) is 0 Å². The topological polar surface area (TPSA) is 66.4 Å². The molecule has 1 rings (SSSR count). The van der Waals surface area contributed by atoms with Crippen LogP contribution in [0, 0.1) is 0 Å². The van der Waals surface area contributed by atoms with Crippen LogP contribution in [0.3, 0.4) is 0 Å². The molecule has 2 N–H and O–H groups in total. The van der Waals surface area contributed by atoms with E-state index in [0.717, 1.165) is 31.4 Å². The van der Waals surface area contributed by atoms with Gasteiger partial charge in [0.25, 0.3) is 0 Å². The van der Waals surface area contributed by atoms with E-state index in [1.807, 2.05) is 6.92 Å². The Morgan fingerprint density at radius 1 is 1.50 bits per heavy atom. The van der Waals surface area contributed by atoms with Gasteiger partial charge >= 0.3 is 5.97 Å². The van der Waals surface area contributed by atoms with E-state index < -0.39 is 12.0 Å². The third-order valence-electron chi connectivity index (χ3n) is 2.66. The summed E-state index contributed by atoms with van der Waals surface area (Å²) in [4.78, 5) is 22.7. The second kappa shape index (κ2) is 6.78. The van der Waals surface area contributed by atoms with Crippen LogP contribution < -0.4 is 5.32 Å². The van der Waals surface area contributed by atoms with Crippen molar-refractivity contribution >= 4 is 23.6 Å². The van der Waals surface area contributed by atoms with Gasteiger partial charge in [0.2, 0.25) is 5.91 Å². The molecule has 1 saturated heterocycles. The van der Waals surface area contributed by atoms with Crippen LogP contribution in [-0.2, 0) is 9.59 Å². The molecule has 0 spiro atoms. The number of aliphatic carboxylic acids is 1. The fourth-order valence-electron chi connectivity index (χ4n) is 1.76. The number of hydrogen-bond acceptors (Lipinski definition) is 3. The molecule has 16 heavy (non-hydrogen) atoms. The number of rotatable bonds is 5. The Kier molecular flexibility index (Phi) is 5.66. The standard InChI is InChI=1S/C11H19NO3S/c1-2-5-8(11(14)15)12-10(13)9-6-3-4-7-16-9/h8-9H,2-7H2,1H3,(H,12,13)(H,14,15)/t8-,9?/m0/s1. The lowest BCUT2D eigenvalue weighted by Crippen LogP contribution is -2.45. The number of carbonyl (C=O) groups is 2. The summed E-state index contributed by atoms with van der Waals surface area (Å²) in [6.07, 6.45) is 4.35. The zero-order valence-electron chi connectivity index (χ0n) is 9.57. The molecule has 0 aromatic carbocycles. The van der Waals surface area contributed by atoms with Gasteiger partial charge in [0, 0.05) is 0 Å². The number of carboxylic acids is 1. The second-order valence-corrected chi connectivity index (χ2v) is 5.35. The van der Waals surface area contributed by atoms with E-state index in [1.165, 1.54) is 0 Å². The summed E-state index contributed by atoms with van der Waals surface area (Å²) in [5.41, 5.74) is 0. The fraction of sp³-hybridized carbons (Fsp3) is 0.818. The van der Waals surface area contributed by atoms with Crippen molar-refractivity contribution in [2.45, 2.75) is 50.3 Å². The van der Waals surface area contributed by atoms with Crippen LogP contribution >= 0.6 is 11.8 Å². The van der Waals surface area contributed by atoms with Gasteiger partial charge in [-0.05, 0) is 25.0 Å². The molecule has 0 aromatic heterocycles. The summed E-state index contributed by atoms with van der Waals surface area (Å²) in [7, 11) is 0. The third-order valence-corrected chi connectivity index (χ3v) is 4.04. The molecular formula is C11H19NO3S. The first-order valence-electron chi connectivity index (χ1n) is 5.80. The lowest BCUT2D eigenvalue weighted by molar-refractivity contribution is -0.142. The highest BCUT2D eigenvalue weighted by Gasteiger charge is 2.26. The van der Waals surface area contributed by atoms with Crippen LogP contribution in [-0.4, -0.2) is 34.0 Å². The average molecular weight is 245 g/mol. The smallest absolute Gasteiger partial charge is 0.326 e. The molecule has 0 aliphatic carbocycles. The van der Waals surface area contributed by atoms with Crippen LogP contribution in [0.5, 0.6) is 0 Å². The molecule has 4 nitrogen and oxygen atoms in total. The predicted molar refractivity (Wildman–Crippen MR) is 64.6 cm³/mol. The van der Waals surface area contributed by atoms with Crippen molar-refractivity contribution in [1.29, 1.82) is 0 Å². The first-order valence-corrected chi connectivity index (χ1v) is 6.84. The van der Waals surface area contributed by atoms with Crippen LogP contribution in [0.2, 0.25) is 0 Å². The number of carbonyl (C=O) groups excluding carboxylic acids is 1. The third kappa shape index (κ3) is 4.04. The minimum Gasteiger partial charge on any atom is -0.480 e. The minimum absolute atomic E-state index is 0.0487. The first-order chi connectivity index (χ1) is 7.65. The van der Waals surface area contributed by atoms with Crippen molar-refractivity contribution in [3.8, 4) is 0 Å². The maximum atomic E-state index is 11.8. The summed E-state index contributed by atoms with van der Waals surface area (Å²) in [5.74, 6) is -0.0366. The van der Waals surface area contributed by atoms with Gasteiger partial charge in [-0.2, -0.15) is 0 Å². The summed E-state index contributed by atoms with van der Waals surface area (Å²) in [5, 5.41) is 11.5. The highest BCUT2D eigenvalue weighted by Crippen LogP contribution is 2.25. The maximum absolute atomic E-state index is 11.8. The fourth-order valence-corrected chi connectivity index (χ4v) is 2.97. The van der Waals surface area contributed by atoms with Crippen molar-refractivity contribution in [2.75, 3.05) is 5.75 Å². The van der Waals surface area contributed by atoms with Crippen molar-refractivity contribution in [2.24, 2.45) is 0 Å². The van der Waals surface area contributed by atoms with E-state index >= 15 is 0 Å². The van der Waals surface area contributed by atoms with E-state index in [4.69, 9.17) is 5.11 Å². The Morgan fingerprint density at radius 3 is 2.75 bits per heavy atom. The first kappa shape index (κ1) is 13.4. The van der Waals surface area contributed by atoms with Crippen molar-refractivity contribution in [1.82, 2.24) is 5.32 Å². The Labute approximate surface area is 100 Å². The van der Waals surface area contributed by atoms with Crippen LogP contribution in [0.1, 0.15) is 39.0 Å². The lowest BCUT2D eigenvalue weighted by Gasteiger charge is -2.22. The molecule has 1 amide bonds. The SMILES string of the molecule is CCC[C@H](NC(=O)C1CCCCS1)C(=O)O. The zero-order valence-corrected chi connectivity index (χ0v) is 10.4. The number of hydrogen-bond donors (Lipinski definition) is 2. The largest absolute Gasteiger partial charge is 0.480 e. The van der Waals surface area contributed by atoms with Gasteiger partial charge in [-0.15, -0.1) is 11.8 Å². The Bertz CT molecular complexity index is 252. The molecule has 0 saturated carbocycles. The van der Waals surface area contributed by atoms with Gasteiger partial charge in [0.1, 0.15) is 6.04 Å². The van der Waals surface area contributed by atoms with Gasteiger partial charge in [0.15, 0.2) is 0 Å². The van der Waals surface area contributed by atoms with Crippen molar-refractivity contribution < 1.29 is 14.7 Å². The zero-order chi connectivity index (χ0) is 12.0. The molecule has 1 unspecified atom stereocenters. The molecule has 2 atom stereocenters. The number of carboxylic acid groups (broad SMARTS) is 1. The van der Waals surface area contributed by atoms with Crippen molar-refractivity contribution in [3.05, 3.63) is 0 Å². The van der Waals surface area contributed by atoms with E-state index in [-0.39, 0.29) is 11.2 Å². The van der Waals surface area contributed by atoms with Crippen LogP contribution in [0.4, 0.5) is 0 Å². The minimum atomic E-state index is -0.934. The second-order valence-electron chi connectivity index (χ2n) is 4.04. The average Bonchev–Trinajstić information content (AvgIpc) is 2.29. The molecule has 0 aromatic rings. The van der Waals surface area contributed by atoms with E-state index in [0.29, 0.717) is 6.42 Å². The summed E-state index contributed by atoms with van der Waals surface area (Å²) in [6, 6.07) is -0.722. The molecule has 0 radical (unpaired) electrons. The van der Waals surface area contributed by atoms with Gasteiger partial charge in [0.05, 0.1) is 5.25 Å². The quantitative estimate of drug-likeness (QED) is 0.772. The maximum Gasteiger partial charge on any atom is 0.326 e. The highest BCUT2D eigenvalue weighted by atomic mass is 32.2. The number of thioether (sulfide) groups is 1. The number of nitrogens with one attached hydrogen (secondary N) is 1. The van der Waals surface area contributed by atoms with E-state index in [2.05, 4.69) is 5.32 Å². The highest BCUT2D eigenvalue weighted by molar-refractivity contribution is 8.00. The molecular weight excluding hydrogens is 226 g/mol. The number of amides is 1. The Hall–Kier alpha value is -0.710. The lowest BCUT2D eigenvalue weighted by atomic mass is 10.1. The predicted octanol–water partition coefficient (Wildman–Crippen LogP) is 1.64.